The first kappa shape index (κ1) is 17.5. The largest absolute Gasteiger partial charge is 0.355 e. The molecule has 2 rings (SSSR count). The molecule has 0 aliphatic rings. The zero-order valence-electron chi connectivity index (χ0n) is 14.6. The lowest BCUT2D eigenvalue weighted by atomic mass is 9.93. The van der Waals surface area contributed by atoms with Crippen molar-refractivity contribution in [2.75, 3.05) is 5.32 Å². The zero-order valence-corrected chi connectivity index (χ0v) is 15.4. The van der Waals surface area contributed by atoms with Crippen LogP contribution in [-0.2, 0) is 0 Å². The van der Waals surface area contributed by atoms with Gasteiger partial charge in [-0.05, 0) is 67.2 Å². The number of rotatable bonds is 4. The molecule has 1 atom stereocenters. The molecule has 0 saturated carbocycles. The molecule has 0 heterocycles. The minimum absolute atomic E-state index is 0.196. The smallest absolute Gasteiger partial charge is 0.171 e. The van der Waals surface area contributed by atoms with Crippen LogP contribution in [0.2, 0.25) is 0 Å². The molecular weight excluding hydrogens is 300 g/mol. The number of hydrogen-bond donors (Lipinski definition) is 2. The van der Waals surface area contributed by atoms with E-state index in [1.165, 1.54) is 22.3 Å². The third-order valence-electron chi connectivity index (χ3n) is 4.12. The van der Waals surface area contributed by atoms with Gasteiger partial charge in [0.15, 0.2) is 5.11 Å². The number of thiocarbonyl (C=S) groups is 1. The van der Waals surface area contributed by atoms with Crippen LogP contribution in [0.4, 0.5) is 5.69 Å². The Balaban J connectivity index is 2.16. The van der Waals surface area contributed by atoms with Crippen molar-refractivity contribution in [3.63, 3.8) is 0 Å². The van der Waals surface area contributed by atoms with Gasteiger partial charge in [0.05, 0.1) is 6.04 Å². The van der Waals surface area contributed by atoms with E-state index in [2.05, 4.69) is 87.7 Å². The second-order valence-corrected chi connectivity index (χ2v) is 6.90. The minimum Gasteiger partial charge on any atom is -0.355 e. The van der Waals surface area contributed by atoms with Gasteiger partial charge >= 0.3 is 0 Å². The summed E-state index contributed by atoms with van der Waals surface area (Å²) >= 11 is 5.56. The molecule has 0 saturated heterocycles. The predicted octanol–water partition coefficient (Wildman–Crippen LogP) is 5.30. The summed E-state index contributed by atoms with van der Waals surface area (Å²) in [5, 5.41) is 7.50. The summed E-state index contributed by atoms with van der Waals surface area (Å²) in [4.78, 5) is 0. The monoisotopic (exact) mass is 326 g/mol. The molecule has 2 nitrogen and oxygen atoms in total. The number of aryl methyl sites for hydroxylation is 3. The van der Waals surface area contributed by atoms with E-state index in [1.807, 2.05) is 0 Å². The Morgan fingerprint density at radius 3 is 2.30 bits per heavy atom. The lowest BCUT2D eigenvalue weighted by molar-refractivity contribution is 0.471. The van der Waals surface area contributed by atoms with Crippen molar-refractivity contribution < 1.29 is 0 Å². The maximum Gasteiger partial charge on any atom is 0.171 e. The van der Waals surface area contributed by atoms with Crippen LogP contribution in [0.15, 0.2) is 42.5 Å². The van der Waals surface area contributed by atoms with Crippen molar-refractivity contribution in [2.24, 2.45) is 5.92 Å². The molecule has 3 heteroatoms. The number of anilines is 1. The van der Waals surface area contributed by atoms with Crippen LogP contribution in [0.3, 0.4) is 0 Å². The molecule has 0 aliphatic carbocycles. The number of nitrogens with one attached hydrogen (secondary N) is 2. The van der Waals surface area contributed by atoms with Gasteiger partial charge < -0.3 is 10.6 Å². The van der Waals surface area contributed by atoms with Crippen LogP contribution in [0, 0.1) is 26.7 Å². The Morgan fingerprint density at radius 1 is 0.957 bits per heavy atom. The van der Waals surface area contributed by atoms with Crippen LogP contribution in [0.5, 0.6) is 0 Å². The summed E-state index contributed by atoms with van der Waals surface area (Å²) in [7, 11) is 0. The van der Waals surface area contributed by atoms with Gasteiger partial charge in [0.2, 0.25) is 0 Å². The Hall–Kier alpha value is -1.87. The quantitative estimate of drug-likeness (QED) is 0.746. The fourth-order valence-corrected chi connectivity index (χ4v) is 2.95. The molecule has 0 aromatic heterocycles. The van der Waals surface area contributed by atoms with Crippen molar-refractivity contribution in [3.05, 3.63) is 64.7 Å². The number of benzene rings is 2. The highest BCUT2D eigenvalue weighted by Gasteiger charge is 2.18. The summed E-state index contributed by atoms with van der Waals surface area (Å²) in [5.74, 6) is 0.439. The fraction of sp³-hybridized carbons (Fsp3) is 0.350. The lowest BCUT2D eigenvalue weighted by Gasteiger charge is -2.26. The molecule has 0 bridgehead atoms. The second-order valence-electron chi connectivity index (χ2n) is 6.50. The van der Waals surface area contributed by atoms with E-state index in [0.717, 1.165) is 5.69 Å². The van der Waals surface area contributed by atoms with E-state index in [-0.39, 0.29) is 6.04 Å². The van der Waals surface area contributed by atoms with Crippen molar-refractivity contribution in [2.45, 2.75) is 40.7 Å². The Morgan fingerprint density at radius 2 is 1.65 bits per heavy atom. The highest BCUT2D eigenvalue weighted by atomic mass is 32.1. The van der Waals surface area contributed by atoms with Crippen LogP contribution in [0.25, 0.3) is 0 Å². The second kappa shape index (κ2) is 7.60. The van der Waals surface area contributed by atoms with Crippen molar-refractivity contribution >= 4 is 23.0 Å². The minimum atomic E-state index is 0.196. The SMILES string of the molecule is Cc1ccc(C)c(NC(=S)N[C@H](c2ccccc2C)C(C)C)c1. The summed E-state index contributed by atoms with van der Waals surface area (Å²) in [6.07, 6.45) is 0. The van der Waals surface area contributed by atoms with Crippen molar-refractivity contribution in [1.82, 2.24) is 5.32 Å². The van der Waals surface area contributed by atoms with Gasteiger partial charge in [-0.2, -0.15) is 0 Å². The standard InChI is InChI=1S/C20H26N2S/c1-13(2)19(17-9-7-6-8-15(17)4)22-20(23)21-18-12-14(3)10-11-16(18)5/h6-13,19H,1-5H3,(H2,21,22,23)/t19-/m0/s1. The lowest BCUT2D eigenvalue weighted by Crippen LogP contribution is -2.35. The van der Waals surface area contributed by atoms with Crippen LogP contribution >= 0.6 is 12.2 Å². The van der Waals surface area contributed by atoms with Crippen LogP contribution < -0.4 is 10.6 Å². The molecule has 0 radical (unpaired) electrons. The van der Waals surface area contributed by atoms with Gasteiger partial charge in [-0.15, -0.1) is 0 Å². The first-order chi connectivity index (χ1) is 10.9. The van der Waals surface area contributed by atoms with E-state index in [9.17, 15) is 0 Å². The summed E-state index contributed by atoms with van der Waals surface area (Å²) in [6, 6.07) is 15.0. The average molecular weight is 327 g/mol. The molecular formula is C20H26N2S. The topological polar surface area (TPSA) is 24.1 Å². The summed E-state index contributed by atoms with van der Waals surface area (Å²) < 4.78 is 0. The average Bonchev–Trinajstić information content (AvgIpc) is 2.49. The Bertz CT molecular complexity index is 692. The summed E-state index contributed by atoms with van der Waals surface area (Å²) in [5.41, 5.74) is 6.06. The van der Waals surface area contributed by atoms with Crippen molar-refractivity contribution in [3.8, 4) is 0 Å². The van der Waals surface area contributed by atoms with Crippen LogP contribution in [-0.4, -0.2) is 5.11 Å². The highest BCUT2D eigenvalue weighted by molar-refractivity contribution is 7.80. The molecule has 2 aromatic carbocycles. The predicted molar refractivity (Wildman–Crippen MR) is 104 cm³/mol. The fourth-order valence-electron chi connectivity index (χ4n) is 2.71. The Kier molecular flexibility index (Phi) is 5.78. The van der Waals surface area contributed by atoms with E-state index in [4.69, 9.17) is 12.2 Å². The highest BCUT2D eigenvalue weighted by Crippen LogP contribution is 2.25. The van der Waals surface area contributed by atoms with Gasteiger partial charge in [0.1, 0.15) is 0 Å². The first-order valence-corrected chi connectivity index (χ1v) is 8.49. The van der Waals surface area contributed by atoms with E-state index < -0.39 is 0 Å². The van der Waals surface area contributed by atoms with Gasteiger partial charge in [-0.25, -0.2) is 0 Å². The van der Waals surface area contributed by atoms with Crippen molar-refractivity contribution in [1.29, 1.82) is 0 Å². The first-order valence-electron chi connectivity index (χ1n) is 8.08. The molecule has 23 heavy (non-hydrogen) atoms. The van der Waals surface area contributed by atoms with Gasteiger partial charge in [-0.1, -0.05) is 50.2 Å². The molecule has 0 fully saturated rings. The molecule has 0 amide bonds. The third-order valence-corrected chi connectivity index (χ3v) is 4.34. The molecule has 122 valence electrons. The number of hydrogen-bond acceptors (Lipinski definition) is 1. The van der Waals surface area contributed by atoms with Crippen LogP contribution in [0.1, 0.15) is 42.1 Å². The van der Waals surface area contributed by atoms with Gasteiger partial charge in [0.25, 0.3) is 0 Å². The van der Waals surface area contributed by atoms with E-state index in [1.54, 1.807) is 0 Å². The van der Waals surface area contributed by atoms with Gasteiger partial charge in [0, 0.05) is 5.69 Å². The normalized spacial score (nSPS) is 12.1. The van der Waals surface area contributed by atoms with E-state index >= 15 is 0 Å². The van der Waals surface area contributed by atoms with Gasteiger partial charge in [-0.3, -0.25) is 0 Å². The molecule has 2 N–H and O–H groups in total. The molecule has 0 spiro atoms. The molecule has 2 aromatic rings. The van der Waals surface area contributed by atoms with E-state index in [0.29, 0.717) is 11.0 Å². The maximum atomic E-state index is 5.56. The summed E-state index contributed by atoms with van der Waals surface area (Å²) in [6.45, 7) is 10.7. The third kappa shape index (κ3) is 4.55. The molecule has 0 unspecified atom stereocenters. The zero-order chi connectivity index (χ0) is 17.0. The Labute approximate surface area is 145 Å². The maximum absolute atomic E-state index is 5.56. The molecule has 0 aliphatic heterocycles.